The molecule has 0 bridgehead atoms. The van der Waals surface area contributed by atoms with E-state index in [2.05, 4.69) is 49.6 Å². The molecule has 0 amide bonds. The van der Waals surface area contributed by atoms with Gasteiger partial charge in [0.2, 0.25) is 0 Å². The Kier molecular flexibility index (Phi) is 13.4. The molecule has 1 heterocycles. The van der Waals surface area contributed by atoms with E-state index in [1.807, 2.05) is 0 Å². The zero-order chi connectivity index (χ0) is 21.0. The fourth-order valence-electron chi connectivity index (χ4n) is 3.43. The Morgan fingerprint density at radius 3 is 2.63 bits per heavy atom. The lowest BCUT2D eigenvalue weighted by atomic mass is 9.81. The van der Waals surface area contributed by atoms with Gasteiger partial charge in [0, 0.05) is 37.3 Å². The summed E-state index contributed by atoms with van der Waals surface area (Å²) >= 11 is 0. The molecule has 0 unspecified atom stereocenters. The van der Waals surface area contributed by atoms with Gasteiger partial charge in [-0.1, -0.05) is 31.9 Å². The summed E-state index contributed by atoms with van der Waals surface area (Å²) in [6.07, 6.45) is 5.18. The Balaban J connectivity index is 0.00000450. The molecule has 0 aliphatic carbocycles. The quantitative estimate of drug-likeness (QED) is 0.173. The van der Waals surface area contributed by atoms with Gasteiger partial charge in [-0.05, 0) is 44.7 Å². The third-order valence-electron chi connectivity index (χ3n) is 5.50. The number of aliphatic hydroxyl groups is 1. The highest BCUT2D eigenvalue weighted by Gasteiger charge is 2.32. The predicted octanol–water partition coefficient (Wildman–Crippen LogP) is 4.03. The number of halogens is 1. The van der Waals surface area contributed by atoms with Crippen LogP contribution in [-0.4, -0.2) is 50.6 Å². The summed E-state index contributed by atoms with van der Waals surface area (Å²) < 4.78 is 11.5. The summed E-state index contributed by atoms with van der Waals surface area (Å²) in [6, 6.07) is 6.30. The van der Waals surface area contributed by atoms with Crippen molar-refractivity contribution in [2.45, 2.75) is 59.4 Å². The number of aryl methyl sites for hydroxylation is 1. The number of rotatable bonds is 11. The SMILES string of the molecule is CCCCCOc1cc(C)ccc1CN=C(NCC)NCC1(CO)CCOCC1.I. The molecular formula is C23H40IN3O3. The lowest BCUT2D eigenvalue weighted by Gasteiger charge is -2.36. The molecule has 1 aliphatic rings. The van der Waals surface area contributed by atoms with Gasteiger partial charge in [0.15, 0.2) is 5.96 Å². The van der Waals surface area contributed by atoms with Crippen molar-refractivity contribution >= 4 is 29.9 Å². The van der Waals surface area contributed by atoms with Gasteiger partial charge in [0.05, 0.1) is 19.8 Å². The molecule has 0 radical (unpaired) electrons. The van der Waals surface area contributed by atoms with Crippen LogP contribution < -0.4 is 15.4 Å². The van der Waals surface area contributed by atoms with Crippen LogP contribution in [0.1, 0.15) is 57.1 Å². The van der Waals surface area contributed by atoms with Gasteiger partial charge in [-0.3, -0.25) is 0 Å². The summed E-state index contributed by atoms with van der Waals surface area (Å²) in [5.41, 5.74) is 2.15. The second-order valence-electron chi connectivity index (χ2n) is 7.99. The third kappa shape index (κ3) is 8.98. The van der Waals surface area contributed by atoms with Crippen LogP contribution in [0.3, 0.4) is 0 Å². The number of ether oxygens (including phenoxy) is 2. The topological polar surface area (TPSA) is 75.1 Å². The first-order valence-corrected chi connectivity index (χ1v) is 11.1. The minimum atomic E-state index is -0.133. The second kappa shape index (κ2) is 14.9. The van der Waals surface area contributed by atoms with Crippen molar-refractivity contribution in [3.8, 4) is 5.75 Å². The van der Waals surface area contributed by atoms with E-state index in [0.29, 0.717) is 26.3 Å². The Morgan fingerprint density at radius 2 is 1.97 bits per heavy atom. The molecule has 1 fully saturated rings. The van der Waals surface area contributed by atoms with Crippen molar-refractivity contribution in [3.63, 3.8) is 0 Å². The van der Waals surface area contributed by atoms with Gasteiger partial charge in [0.25, 0.3) is 0 Å². The van der Waals surface area contributed by atoms with E-state index in [1.54, 1.807) is 0 Å². The lowest BCUT2D eigenvalue weighted by molar-refractivity contribution is -0.0131. The maximum atomic E-state index is 9.90. The van der Waals surface area contributed by atoms with E-state index in [-0.39, 0.29) is 36.0 Å². The standard InChI is InChI=1S/C23H39N3O3.HI/c1-4-6-7-12-29-21-15-19(3)8-9-20(21)16-25-22(24-5-2)26-17-23(18-27)10-13-28-14-11-23;/h8-9,15,27H,4-7,10-14,16-18H2,1-3H3,(H2,24,25,26);1H. The van der Waals surface area contributed by atoms with Crippen LogP contribution in [0.2, 0.25) is 0 Å². The molecule has 1 saturated heterocycles. The maximum absolute atomic E-state index is 9.90. The number of hydrogen-bond acceptors (Lipinski definition) is 4. The minimum Gasteiger partial charge on any atom is -0.493 e. The molecule has 3 N–H and O–H groups in total. The number of benzene rings is 1. The first-order valence-electron chi connectivity index (χ1n) is 11.1. The lowest BCUT2D eigenvalue weighted by Crippen LogP contribution is -2.47. The van der Waals surface area contributed by atoms with Crippen LogP contribution in [0.4, 0.5) is 0 Å². The average molecular weight is 533 g/mol. The van der Waals surface area contributed by atoms with Crippen LogP contribution >= 0.6 is 24.0 Å². The van der Waals surface area contributed by atoms with Crippen LogP contribution in [0.5, 0.6) is 5.75 Å². The molecular weight excluding hydrogens is 493 g/mol. The Labute approximate surface area is 199 Å². The van der Waals surface area contributed by atoms with Crippen molar-refractivity contribution in [3.05, 3.63) is 29.3 Å². The molecule has 2 rings (SSSR count). The van der Waals surface area contributed by atoms with E-state index >= 15 is 0 Å². The van der Waals surface area contributed by atoms with Crippen LogP contribution in [0.25, 0.3) is 0 Å². The Morgan fingerprint density at radius 1 is 1.20 bits per heavy atom. The minimum absolute atomic E-state index is 0. The van der Waals surface area contributed by atoms with E-state index in [0.717, 1.165) is 49.7 Å². The van der Waals surface area contributed by atoms with Crippen LogP contribution in [-0.2, 0) is 11.3 Å². The highest BCUT2D eigenvalue weighted by Crippen LogP contribution is 2.29. The monoisotopic (exact) mass is 533 g/mol. The predicted molar refractivity (Wildman–Crippen MR) is 134 cm³/mol. The van der Waals surface area contributed by atoms with Gasteiger partial charge < -0.3 is 25.2 Å². The molecule has 1 aromatic rings. The fourth-order valence-corrected chi connectivity index (χ4v) is 3.43. The number of nitrogens with one attached hydrogen (secondary N) is 2. The van der Waals surface area contributed by atoms with E-state index < -0.39 is 0 Å². The van der Waals surface area contributed by atoms with Gasteiger partial charge >= 0.3 is 0 Å². The Bertz CT molecular complexity index is 634. The van der Waals surface area contributed by atoms with Crippen LogP contribution in [0, 0.1) is 12.3 Å². The summed E-state index contributed by atoms with van der Waals surface area (Å²) in [5.74, 6) is 1.70. The van der Waals surface area contributed by atoms with E-state index in [9.17, 15) is 5.11 Å². The molecule has 1 aromatic carbocycles. The van der Waals surface area contributed by atoms with Crippen LogP contribution in [0.15, 0.2) is 23.2 Å². The molecule has 6 nitrogen and oxygen atoms in total. The summed E-state index contributed by atoms with van der Waals surface area (Å²) in [5, 5.41) is 16.6. The zero-order valence-corrected chi connectivity index (χ0v) is 21.2. The Hall–Kier alpha value is -1.06. The normalized spacial score (nSPS) is 15.9. The van der Waals surface area contributed by atoms with Gasteiger partial charge in [-0.2, -0.15) is 0 Å². The summed E-state index contributed by atoms with van der Waals surface area (Å²) in [7, 11) is 0. The fraction of sp³-hybridized carbons (Fsp3) is 0.696. The number of aliphatic hydroxyl groups excluding tert-OH is 1. The summed E-state index contributed by atoms with van der Waals surface area (Å²) in [6.45, 7) is 10.7. The average Bonchev–Trinajstić information content (AvgIpc) is 2.75. The molecule has 172 valence electrons. The van der Waals surface area contributed by atoms with Crippen molar-refractivity contribution < 1.29 is 14.6 Å². The highest BCUT2D eigenvalue weighted by molar-refractivity contribution is 14.0. The number of unbranched alkanes of at least 4 members (excludes halogenated alkanes) is 2. The molecule has 7 heteroatoms. The molecule has 0 saturated carbocycles. The molecule has 0 aromatic heterocycles. The zero-order valence-electron chi connectivity index (χ0n) is 18.8. The number of guanidine groups is 1. The molecule has 0 spiro atoms. The number of hydrogen-bond donors (Lipinski definition) is 3. The van der Waals surface area contributed by atoms with Crippen molar-refractivity contribution in [2.75, 3.05) is 39.5 Å². The number of aliphatic imine (C=N–C) groups is 1. The first kappa shape index (κ1) is 27.0. The van der Waals surface area contributed by atoms with Crippen molar-refractivity contribution in [1.29, 1.82) is 0 Å². The smallest absolute Gasteiger partial charge is 0.191 e. The molecule has 1 aliphatic heterocycles. The van der Waals surface area contributed by atoms with Gasteiger partial charge in [-0.25, -0.2) is 4.99 Å². The molecule has 0 atom stereocenters. The number of nitrogens with zero attached hydrogens (tertiary/aromatic N) is 1. The van der Waals surface area contributed by atoms with Crippen molar-refractivity contribution in [1.82, 2.24) is 10.6 Å². The van der Waals surface area contributed by atoms with Gasteiger partial charge in [0.1, 0.15) is 5.75 Å². The third-order valence-corrected chi connectivity index (χ3v) is 5.50. The maximum Gasteiger partial charge on any atom is 0.191 e. The summed E-state index contributed by atoms with van der Waals surface area (Å²) in [4.78, 5) is 4.77. The van der Waals surface area contributed by atoms with E-state index in [4.69, 9.17) is 14.5 Å². The molecule has 30 heavy (non-hydrogen) atoms. The highest BCUT2D eigenvalue weighted by atomic mass is 127. The van der Waals surface area contributed by atoms with E-state index in [1.165, 1.54) is 18.4 Å². The largest absolute Gasteiger partial charge is 0.493 e. The first-order chi connectivity index (χ1) is 14.1. The van der Waals surface area contributed by atoms with Gasteiger partial charge in [-0.15, -0.1) is 24.0 Å². The van der Waals surface area contributed by atoms with Crippen molar-refractivity contribution in [2.24, 2.45) is 10.4 Å². The second-order valence-corrected chi connectivity index (χ2v) is 7.99.